The number of amides is 1. The molecule has 0 unspecified atom stereocenters. The van der Waals surface area contributed by atoms with Crippen LogP contribution in [0, 0.1) is 13.8 Å². The summed E-state index contributed by atoms with van der Waals surface area (Å²) in [6.07, 6.45) is 0.668. The Kier molecular flexibility index (Phi) is 7.33. The molecule has 0 saturated heterocycles. The number of benzene rings is 3. The molecule has 1 N–H and O–H groups in total. The van der Waals surface area contributed by atoms with E-state index in [1.54, 1.807) is 17.7 Å². The summed E-state index contributed by atoms with van der Waals surface area (Å²) in [6.45, 7) is 4.50. The number of hydrogen-bond acceptors (Lipinski definition) is 5. The zero-order chi connectivity index (χ0) is 24.1. The van der Waals surface area contributed by atoms with Gasteiger partial charge in [-0.2, -0.15) is 0 Å². The van der Waals surface area contributed by atoms with Crippen molar-refractivity contribution in [3.05, 3.63) is 93.8 Å². The smallest absolute Gasteiger partial charge is 0.266 e. The Balaban J connectivity index is 1.55. The molecule has 174 valence electrons. The summed E-state index contributed by atoms with van der Waals surface area (Å²) < 4.78 is 6.99. The molecule has 4 rings (SSSR count). The van der Waals surface area contributed by atoms with Crippen molar-refractivity contribution < 1.29 is 9.53 Å². The van der Waals surface area contributed by atoms with Crippen LogP contribution in [0.2, 0.25) is 0 Å². The van der Waals surface area contributed by atoms with Gasteiger partial charge in [0.25, 0.3) is 5.56 Å². The molecular weight excluding hydrogens is 446 g/mol. The zero-order valence-corrected chi connectivity index (χ0v) is 20.3. The van der Waals surface area contributed by atoms with Crippen molar-refractivity contribution in [2.75, 3.05) is 19.4 Å². The summed E-state index contributed by atoms with van der Waals surface area (Å²) >= 11 is 1.26. The molecule has 1 heterocycles. The molecule has 7 heteroatoms. The quantitative estimate of drug-likeness (QED) is 0.302. The van der Waals surface area contributed by atoms with Crippen LogP contribution in [0.1, 0.15) is 16.7 Å². The van der Waals surface area contributed by atoms with Gasteiger partial charge < -0.3 is 10.1 Å². The predicted octanol–water partition coefficient (Wildman–Crippen LogP) is 4.46. The summed E-state index contributed by atoms with van der Waals surface area (Å²) in [4.78, 5) is 30.8. The Labute approximate surface area is 203 Å². The third-order valence-electron chi connectivity index (χ3n) is 5.80. The van der Waals surface area contributed by atoms with Gasteiger partial charge in [-0.25, -0.2) is 4.98 Å². The van der Waals surface area contributed by atoms with E-state index in [-0.39, 0.29) is 17.2 Å². The second-order valence-electron chi connectivity index (χ2n) is 7.97. The van der Waals surface area contributed by atoms with Gasteiger partial charge in [0.05, 0.1) is 29.5 Å². The number of thioether (sulfide) groups is 1. The normalized spacial score (nSPS) is 10.9. The Morgan fingerprint density at radius 2 is 1.79 bits per heavy atom. The van der Waals surface area contributed by atoms with Gasteiger partial charge in [-0.1, -0.05) is 54.2 Å². The molecule has 1 aromatic heterocycles. The summed E-state index contributed by atoms with van der Waals surface area (Å²) in [6, 6.07) is 20.9. The largest absolute Gasteiger partial charge is 0.496 e. The van der Waals surface area contributed by atoms with Crippen molar-refractivity contribution in [3.63, 3.8) is 0 Å². The number of nitrogens with zero attached hydrogens (tertiary/aromatic N) is 2. The molecule has 0 atom stereocenters. The molecule has 34 heavy (non-hydrogen) atoms. The summed E-state index contributed by atoms with van der Waals surface area (Å²) in [5.41, 5.74) is 4.39. The van der Waals surface area contributed by atoms with Gasteiger partial charge in [-0.15, -0.1) is 0 Å². The van der Waals surface area contributed by atoms with Crippen LogP contribution in [-0.2, 0) is 11.2 Å². The van der Waals surface area contributed by atoms with Gasteiger partial charge in [0.2, 0.25) is 5.91 Å². The molecule has 6 nitrogen and oxygen atoms in total. The van der Waals surface area contributed by atoms with E-state index in [2.05, 4.69) is 5.32 Å². The maximum absolute atomic E-state index is 13.4. The average Bonchev–Trinajstić information content (AvgIpc) is 2.85. The van der Waals surface area contributed by atoms with E-state index in [0.717, 1.165) is 28.1 Å². The maximum atomic E-state index is 13.4. The molecule has 0 fully saturated rings. The fourth-order valence-corrected chi connectivity index (χ4v) is 4.66. The summed E-state index contributed by atoms with van der Waals surface area (Å²) in [5, 5.41) is 4.00. The first-order valence-electron chi connectivity index (χ1n) is 11.1. The Hall–Kier alpha value is -3.58. The first-order chi connectivity index (χ1) is 16.5. The highest BCUT2D eigenvalue weighted by Gasteiger charge is 2.16. The van der Waals surface area contributed by atoms with E-state index in [0.29, 0.717) is 29.0 Å². The highest BCUT2D eigenvalue weighted by atomic mass is 32.2. The van der Waals surface area contributed by atoms with Crippen LogP contribution in [0.5, 0.6) is 5.75 Å². The number of nitrogens with one attached hydrogen (secondary N) is 1. The van der Waals surface area contributed by atoms with Crippen LogP contribution in [0.4, 0.5) is 0 Å². The second-order valence-corrected chi connectivity index (χ2v) is 8.91. The monoisotopic (exact) mass is 473 g/mol. The average molecular weight is 474 g/mol. The van der Waals surface area contributed by atoms with Crippen molar-refractivity contribution in [3.8, 4) is 11.4 Å². The van der Waals surface area contributed by atoms with E-state index in [1.165, 1.54) is 11.8 Å². The molecule has 0 saturated carbocycles. The molecule has 1 amide bonds. The van der Waals surface area contributed by atoms with Crippen LogP contribution in [0.15, 0.2) is 76.7 Å². The van der Waals surface area contributed by atoms with Crippen LogP contribution in [-0.4, -0.2) is 34.9 Å². The molecule has 4 aromatic rings. The standard InChI is InChI=1S/C27H27N3O3S/c1-18-9-8-13-23(19(18)2)30-26(32)21-11-5-6-12-22(21)29-27(30)34-17-25(31)28-16-15-20-10-4-7-14-24(20)33-3/h4-14H,15-17H2,1-3H3,(H,28,31). The number of hydrogen-bond donors (Lipinski definition) is 1. The fraction of sp³-hybridized carbons (Fsp3) is 0.222. The minimum Gasteiger partial charge on any atom is -0.496 e. The molecule has 0 radical (unpaired) electrons. The van der Waals surface area contributed by atoms with E-state index >= 15 is 0 Å². The number of carbonyl (C=O) groups excluding carboxylic acids is 1. The number of aromatic nitrogens is 2. The van der Waals surface area contributed by atoms with Crippen LogP contribution < -0.4 is 15.6 Å². The van der Waals surface area contributed by atoms with Crippen molar-refractivity contribution in [1.82, 2.24) is 14.9 Å². The highest BCUT2D eigenvalue weighted by Crippen LogP contribution is 2.24. The van der Waals surface area contributed by atoms with Crippen LogP contribution in [0.3, 0.4) is 0 Å². The lowest BCUT2D eigenvalue weighted by molar-refractivity contribution is -0.118. The van der Waals surface area contributed by atoms with Gasteiger partial charge in [0, 0.05) is 6.54 Å². The topological polar surface area (TPSA) is 73.2 Å². The van der Waals surface area contributed by atoms with E-state index in [1.807, 2.05) is 74.5 Å². The summed E-state index contributed by atoms with van der Waals surface area (Å²) in [5.74, 6) is 0.848. The molecule has 0 spiro atoms. The maximum Gasteiger partial charge on any atom is 0.266 e. The molecule has 0 aliphatic carbocycles. The number of rotatable bonds is 8. The van der Waals surface area contributed by atoms with Crippen molar-refractivity contribution in [1.29, 1.82) is 0 Å². The number of carbonyl (C=O) groups is 1. The minimum atomic E-state index is -0.140. The molecule has 0 aliphatic heterocycles. The Morgan fingerprint density at radius 3 is 2.62 bits per heavy atom. The van der Waals surface area contributed by atoms with E-state index in [4.69, 9.17) is 9.72 Å². The number of methoxy groups -OCH3 is 1. The fourth-order valence-electron chi connectivity index (χ4n) is 3.83. The van der Waals surface area contributed by atoms with Gasteiger partial charge in [0.1, 0.15) is 5.75 Å². The lowest BCUT2D eigenvalue weighted by Crippen LogP contribution is -2.28. The zero-order valence-electron chi connectivity index (χ0n) is 19.5. The van der Waals surface area contributed by atoms with Crippen molar-refractivity contribution >= 4 is 28.6 Å². The predicted molar refractivity (Wildman–Crippen MR) is 137 cm³/mol. The third kappa shape index (κ3) is 4.99. The number of aryl methyl sites for hydroxylation is 1. The van der Waals surface area contributed by atoms with Gasteiger partial charge in [-0.3, -0.25) is 14.2 Å². The van der Waals surface area contributed by atoms with Crippen molar-refractivity contribution in [2.45, 2.75) is 25.4 Å². The highest BCUT2D eigenvalue weighted by molar-refractivity contribution is 7.99. The van der Waals surface area contributed by atoms with Crippen LogP contribution in [0.25, 0.3) is 16.6 Å². The third-order valence-corrected chi connectivity index (χ3v) is 6.74. The molecule has 0 bridgehead atoms. The first kappa shape index (κ1) is 23.6. The first-order valence-corrected chi connectivity index (χ1v) is 12.1. The number of ether oxygens (including phenoxy) is 1. The number of para-hydroxylation sites is 2. The molecule has 3 aromatic carbocycles. The van der Waals surface area contributed by atoms with E-state index in [9.17, 15) is 9.59 Å². The Bertz CT molecular complexity index is 1400. The molecular formula is C27H27N3O3S. The molecule has 0 aliphatic rings. The van der Waals surface area contributed by atoms with Gasteiger partial charge >= 0.3 is 0 Å². The second kappa shape index (κ2) is 10.6. The lowest BCUT2D eigenvalue weighted by atomic mass is 10.1. The minimum absolute atomic E-state index is 0.116. The summed E-state index contributed by atoms with van der Waals surface area (Å²) in [7, 11) is 1.64. The van der Waals surface area contributed by atoms with E-state index < -0.39 is 0 Å². The van der Waals surface area contributed by atoms with Gasteiger partial charge in [0.15, 0.2) is 5.16 Å². The van der Waals surface area contributed by atoms with Gasteiger partial charge in [-0.05, 0) is 61.2 Å². The number of fused-ring (bicyclic) bond motifs is 1. The SMILES string of the molecule is COc1ccccc1CCNC(=O)CSc1nc2ccccc2c(=O)n1-c1cccc(C)c1C. The lowest BCUT2D eigenvalue weighted by Gasteiger charge is -2.16. The van der Waals surface area contributed by atoms with Crippen LogP contribution >= 0.6 is 11.8 Å². The Morgan fingerprint density at radius 1 is 1.03 bits per heavy atom. The van der Waals surface area contributed by atoms with Crippen molar-refractivity contribution in [2.24, 2.45) is 0 Å².